The first-order valence-electron chi connectivity index (χ1n) is 10.1. The third-order valence-electron chi connectivity index (χ3n) is 5.27. The van der Waals surface area contributed by atoms with Gasteiger partial charge >= 0.3 is 0 Å². The van der Waals surface area contributed by atoms with Crippen LogP contribution in [0.1, 0.15) is 37.6 Å². The fourth-order valence-corrected chi connectivity index (χ4v) is 6.24. The summed E-state index contributed by atoms with van der Waals surface area (Å²) in [6, 6.07) is 6.66. The maximum absolute atomic E-state index is 13.4. The quantitative estimate of drug-likeness (QED) is 0.472. The first kappa shape index (κ1) is 22.0. The van der Waals surface area contributed by atoms with Gasteiger partial charge in [-0.15, -0.1) is 0 Å². The number of anilines is 1. The zero-order chi connectivity index (χ0) is 22.2. The lowest BCUT2D eigenvalue weighted by molar-refractivity contribution is -0.122. The molecule has 0 unspecified atom stereocenters. The lowest BCUT2D eigenvalue weighted by atomic mass is 10.1. The fraction of sp³-hybridized carbons (Fsp3) is 0.381. The van der Waals surface area contributed by atoms with Gasteiger partial charge in [0, 0.05) is 25.7 Å². The van der Waals surface area contributed by atoms with Gasteiger partial charge in [-0.2, -0.15) is 4.98 Å². The van der Waals surface area contributed by atoms with Crippen molar-refractivity contribution in [1.29, 1.82) is 0 Å². The second-order valence-corrected chi connectivity index (χ2v) is 11.0. The molecule has 1 aromatic heterocycles. The molecule has 0 spiro atoms. The number of hydrogen-bond donors (Lipinski definition) is 0. The van der Waals surface area contributed by atoms with Crippen LogP contribution in [-0.2, 0) is 14.6 Å². The molecule has 31 heavy (non-hydrogen) atoms. The van der Waals surface area contributed by atoms with Crippen molar-refractivity contribution in [3.8, 4) is 0 Å². The van der Waals surface area contributed by atoms with Gasteiger partial charge in [0.05, 0.1) is 9.80 Å². The van der Waals surface area contributed by atoms with E-state index in [1.807, 2.05) is 18.7 Å². The number of oxazole rings is 1. The number of likely N-dealkylation sites (N-methyl/N-ethyl adjacent to an activating group) is 1. The van der Waals surface area contributed by atoms with Gasteiger partial charge in [-0.3, -0.25) is 9.69 Å². The molecule has 1 amide bonds. The van der Waals surface area contributed by atoms with Crippen molar-refractivity contribution in [3.05, 3.63) is 40.6 Å². The number of nitrogens with zero attached hydrogens (tertiary/aromatic N) is 3. The molecule has 2 saturated heterocycles. The van der Waals surface area contributed by atoms with E-state index in [4.69, 9.17) is 16.6 Å². The zero-order valence-electron chi connectivity index (χ0n) is 17.3. The van der Waals surface area contributed by atoms with Gasteiger partial charge < -0.3 is 9.32 Å². The summed E-state index contributed by atoms with van der Waals surface area (Å²) in [7, 11) is -3.89. The maximum atomic E-state index is 13.4. The molecular formula is C21H23N3O4S3. The lowest BCUT2D eigenvalue weighted by Gasteiger charge is -2.26. The number of thiocarbonyl (C=S) groups is 1. The Bertz CT molecular complexity index is 1150. The molecule has 2 aliphatic rings. The van der Waals surface area contributed by atoms with E-state index in [1.165, 1.54) is 11.0 Å². The molecule has 0 atom stereocenters. The highest BCUT2D eigenvalue weighted by Gasteiger charge is 2.34. The molecule has 3 heterocycles. The van der Waals surface area contributed by atoms with Crippen LogP contribution in [0.3, 0.4) is 0 Å². The normalized spacial score (nSPS) is 19.0. The predicted octanol–water partition coefficient (Wildman–Crippen LogP) is 4.03. The second-order valence-electron chi connectivity index (χ2n) is 7.45. The van der Waals surface area contributed by atoms with Crippen LogP contribution in [0.25, 0.3) is 6.08 Å². The molecule has 1 aromatic carbocycles. The van der Waals surface area contributed by atoms with Gasteiger partial charge in [0.2, 0.25) is 26.6 Å². The number of benzene rings is 1. The van der Waals surface area contributed by atoms with E-state index in [0.29, 0.717) is 28.9 Å². The Kier molecular flexibility index (Phi) is 6.23. The van der Waals surface area contributed by atoms with Gasteiger partial charge in [-0.05, 0) is 45.2 Å². The number of hydrogen-bond acceptors (Lipinski definition) is 8. The van der Waals surface area contributed by atoms with Crippen LogP contribution in [0.2, 0.25) is 0 Å². The van der Waals surface area contributed by atoms with Crippen molar-refractivity contribution in [2.45, 2.75) is 43.0 Å². The summed E-state index contributed by atoms with van der Waals surface area (Å²) < 4.78 is 33.2. The largest absolute Gasteiger partial charge is 0.420 e. The molecule has 0 saturated carbocycles. The van der Waals surface area contributed by atoms with E-state index in [-0.39, 0.29) is 27.6 Å². The first-order chi connectivity index (χ1) is 14.8. The van der Waals surface area contributed by atoms with Crippen LogP contribution in [0, 0.1) is 6.92 Å². The number of amides is 1. The minimum Gasteiger partial charge on any atom is -0.420 e. The highest BCUT2D eigenvalue weighted by Crippen LogP contribution is 2.36. The number of sulfone groups is 1. The molecule has 164 valence electrons. The van der Waals surface area contributed by atoms with Gasteiger partial charge in [-0.25, -0.2) is 8.42 Å². The molecule has 7 nitrogen and oxygen atoms in total. The summed E-state index contributed by atoms with van der Waals surface area (Å²) in [6.45, 7) is 5.61. The minimum absolute atomic E-state index is 0.0860. The van der Waals surface area contributed by atoms with Crippen molar-refractivity contribution >= 4 is 56.0 Å². The Hall–Kier alpha value is -2.17. The molecule has 0 radical (unpaired) electrons. The van der Waals surface area contributed by atoms with Crippen LogP contribution >= 0.6 is 24.0 Å². The number of aromatic nitrogens is 1. The third kappa shape index (κ3) is 4.28. The van der Waals surface area contributed by atoms with Crippen molar-refractivity contribution in [1.82, 2.24) is 9.88 Å². The Labute approximate surface area is 191 Å². The molecule has 2 fully saturated rings. The van der Waals surface area contributed by atoms with Crippen LogP contribution in [0.15, 0.2) is 43.5 Å². The maximum Gasteiger partial charge on any atom is 0.266 e. The van der Waals surface area contributed by atoms with Gasteiger partial charge in [0.25, 0.3) is 5.91 Å². The topological polar surface area (TPSA) is 83.7 Å². The molecule has 2 aromatic rings. The van der Waals surface area contributed by atoms with Crippen LogP contribution in [0.5, 0.6) is 0 Å². The Balaban J connectivity index is 1.78. The smallest absolute Gasteiger partial charge is 0.266 e. The highest BCUT2D eigenvalue weighted by atomic mass is 32.2. The summed E-state index contributed by atoms with van der Waals surface area (Å²) in [5.41, 5.74) is 0.967. The van der Waals surface area contributed by atoms with Gasteiger partial charge in [0.15, 0.2) is 0 Å². The standard InChI is InChI=1S/C21H23N3O4S3/c1-3-24-19(25)16(30-21(24)29)13-17-22-18(20(28-17)23-11-5-4-6-12-23)31(26,27)15-9-7-14(2)8-10-15/h7-10,13H,3-6,11-12H2,1-2H3. The monoisotopic (exact) mass is 477 g/mol. The predicted molar refractivity (Wildman–Crippen MR) is 125 cm³/mol. The van der Waals surface area contributed by atoms with E-state index < -0.39 is 9.84 Å². The number of aryl methyl sites for hydroxylation is 1. The Morgan fingerprint density at radius 1 is 1.19 bits per heavy atom. The average molecular weight is 478 g/mol. The Morgan fingerprint density at radius 2 is 1.87 bits per heavy atom. The zero-order valence-corrected chi connectivity index (χ0v) is 19.8. The molecule has 0 aliphatic carbocycles. The molecule has 10 heteroatoms. The van der Waals surface area contributed by atoms with Gasteiger partial charge in [0.1, 0.15) is 4.32 Å². The molecule has 4 rings (SSSR count). The van der Waals surface area contributed by atoms with Gasteiger partial charge in [-0.1, -0.05) is 41.7 Å². The number of carbonyl (C=O) groups excluding carboxylic acids is 1. The number of thioether (sulfide) groups is 1. The van der Waals surface area contributed by atoms with Crippen molar-refractivity contribution in [3.63, 3.8) is 0 Å². The van der Waals surface area contributed by atoms with Crippen LogP contribution in [0.4, 0.5) is 5.88 Å². The molecular weight excluding hydrogens is 454 g/mol. The average Bonchev–Trinajstić information content (AvgIpc) is 3.30. The highest BCUT2D eigenvalue weighted by molar-refractivity contribution is 8.26. The first-order valence-corrected chi connectivity index (χ1v) is 12.8. The molecule has 2 aliphatic heterocycles. The van der Waals surface area contributed by atoms with E-state index in [0.717, 1.165) is 36.6 Å². The summed E-state index contributed by atoms with van der Waals surface area (Å²) in [5, 5.41) is -0.115. The fourth-order valence-electron chi connectivity index (χ4n) is 3.56. The molecule has 0 N–H and O–H groups in total. The summed E-state index contributed by atoms with van der Waals surface area (Å²) in [5.74, 6) is 0.0959. The summed E-state index contributed by atoms with van der Waals surface area (Å²) in [6.07, 6.45) is 4.48. The van der Waals surface area contributed by atoms with Crippen LogP contribution in [-0.4, -0.2) is 48.2 Å². The van der Waals surface area contributed by atoms with E-state index in [2.05, 4.69) is 4.98 Å². The number of carbonyl (C=O) groups is 1. The Morgan fingerprint density at radius 3 is 2.48 bits per heavy atom. The summed E-state index contributed by atoms with van der Waals surface area (Å²) in [4.78, 5) is 20.8. The molecule has 0 bridgehead atoms. The third-order valence-corrected chi connectivity index (χ3v) is 8.31. The number of piperidine rings is 1. The van der Waals surface area contributed by atoms with E-state index in [9.17, 15) is 13.2 Å². The van der Waals surface area contributed by atoms with Crippen molar-refractivity contribution in [2.75, 3.05) is 24.5 Å². The van der Waals surface area contributed by atoms with Crippen molar-refractivity contribution in [2.24, 2.45) is 0 Å². The van der Waals surface area contributed by atoms with Crippen LogP contribution < -0.4 is 4.90 Å². The van der Waals surface area contributed by atoms with E-state index >= 15 is 0 Å². The lowest BCUT2D eigenvalue weighted by Crippen LogP contribution is -2.30. The van der Waals surface area contributed by atoms with E-state index in [1.54, 1.807) is 24.3 Å². The SMILES string of the molecule is CCN1C(=O)C(=Cc2nc(S(=O)(=O)c3ccc(C)cc3)c(N3CCCCC3)o2)SC1=S. The second kappa shape index (κ2) is 8.76. The minimum atomic E-state index is -3.89. The van der Waals surface area contributed by atoms with Crippen molar-refractivity contribution < 1.29 is 17.6 Å². The number of rotatable bonds is 5. The summed E-state index contributed by atoms with van der Waals surface area (Å²) >= 11 is 6.41.